The van der Waals surface area contributed by atoms with Crippen molar-refractivity contribution in [1.82, 2.24) is 25.0 Å². The number of hydrogen-bond donors (Lipinski definition) is 1. The largest absolute Gasteiger partial charge is 0.354 e. The topological polar surface area (TPSA) is 63.1 Å². The van der Waals surface area contributed by atoms with Crippen LogP contribution in [-0.4, -0.2) is 45.2 Å². The molecular formula is C22H27N5O. The molecular weight excluding hydrogens is 350 g/mol. The number of amides is 1. The minimum Gasteiger partial charge on any atom is -0.354 e. The Bertz CT molecular complexity index is 980. The van der Waals surface area contributed by atoms with Gasteiger partial charge in [-0.25, -0.2) is 9.67 Å². The Hall–Kier alpha value is -2.73. The molecule has 1 atom stereocenters. The first-order valence-electron chi connectivity index (χ1n) is 9.94. The first-order valence-corrected chi connectivity index (χ1v) is 9.94. The molecule has 3 aromatic rings. The van der Waals surface area contributed by atoms with Crippen LogP contribution in [0.3, 0.4) is 0 Å². The van der Waals surface area contributed by atoms with Gasteiger partial charge in [-0.2, -0.15) is 5.10 Å². The molecule has 6 heteroatoms. The average molecular weight is 377 g/mol. The highest BCUT2D eigenvalue weighted by Gasteiger charge is 2.28. The van der Waals surface area contributed by atoms with E-state index in [1.54, 1.807) is 6.20 Å². The van der Waals surface area contributed by atoms with Crippen LogP contribution < -0.4 is 5.32 Å². The zero-order valence-corrected chi connectivity index (χ0v) is 16.6. The molecule has 0 unspecified atom stereocenters. The fourth-order valence-electron chi connectivity index (χ4n) is 4.10. The molecule has 146 valence electrons. The molecule has 1 aliphatic rings. The van der Waals surface area contributed by atoms with Crippen LogP contribution in [0, 0.1) is 6.92 Å². The number of nitrogens with one attached hydrogen (secondary N) is 1. The van der Waals surface area contributed by atoms with Crippen molar-refractivity contribution in [3.63, 3.8) is 0 Å². The van der Waals surface area contributed by atoms with Crippen molar-refractivity contribution in [2.45, 2.75) is 39.3 Å². The summed E-state index contributed by atoms with van der Waals surface area (Å²) in [7, 11) is 0. The number of aromatic nitrogens is 3. The molecule has 1 fully saturated rings. The molecule has 1 saturated heterocycles. The SMILES string of the molecule is CC(=O)NCCn1nc([C@@H]2CCN(Cc3cccc(C)c3)C2)c2cccnc21. The van der Waals surface area contributed by atoms with Crippen LogP contribution in [0.2, 0.25) is 0 Å². The first kappa shape index (κ1) is 18.6. The number of likely N-dealkylation sites (tertiary alicyclic amines) is 1. The molecule has 1 N–H and O–H groups in total. The van der Waals surface area contributed by atoms with Gasteiger partial charge in [0.1, 0.15) is 0 Å². The lowest BCUT2D eigenvalue weighted by molar-refractivity contribution is -0.118. The number of pyridine rings is 1. The van der Waals surface area contributed by atoms with E-state index in [1.807, 2.05) is 10.7 Å². The van der Waals surface area contributed by atoms with E-state index in [-0.39, 0.29) is 5.91 Å². The second-order valence-corrected chi connectivity index (χ2v) is 7.68. The van der Waals surface area contributed by atoms with Crippen molar-refractivity contribution in [1.29, 1.82) is 0 Å². The molecule has 1 aromatic carbocycles. The van der Waals surface area contributed by atoms with E-state index < -0.39 is 0 Å². The number of aryl methyl sites for hydroxylation is 1. The normalized spacial score (nSPS) is 17.3. The number of hydrogen-bond acceptors (Lipinski definition) is 4. The summed E-state index contributed by atoms with van der Waals surface area (Å²) in [4.78, 5) is 18.2. The summed E-state index contributed by atoms with van der Waals surface area (Å²) in [6.07, 6.45) is 2.92. The lowest BCUT2D eigenvalue weighted by Crippen LogP contribution is -2.25. The molecule has 4 rings (SSSR count). The number of carbonyl (C=O) groups excluding carboxylic acids is 1. The Morgan fingerprint density at radius 1 is 1.29 bits per heavy atom. The minimum atomic E-state index is -0.0211. The molecule has 1 amide bonds. The second-order valence-electron chi connectivity index (χ2n) is 7.68. The summed E-state index contributed by atoms with van der Waals surface area (Å²) in [6.45, 7) is 7.95. The minimum absolute atomic E-state index is 0.0211. The Kier molecular flexibility index (Phi) is 5.39. The zero-order chi connectivity index (χ0) is 19.5. The molecule has 6 nitrogen and oxygen atoms in total. The Labute approximate surface area is 165 Å². The van der Waals surface area contributed by atoms with Crippen molar-refractivity contribution < 1.29 is 4.79 Å². The maximum atomic E-state index is 11.2. The van der Waals surface area contributed by atoms with Gasteiger partial charge < -0.3 is 5.32 Å². The van der Waals surface area contributed by atoms with E-state index in [9.17, 15) is 4.79 Å². The van der Waals surface area contributed by atoms with E-state index >= 15 is 0 Å². The van der Waals surface area contributed by atoms with E-state index in [0.29, 0.717) is 19.0 Å². The number of carbonyl (C=O) groups is 1. The second kappa shape index (κ2) is 8.10. The number of nitrogens with zero attached hydrogens (tertiary/aromatic N) is 4. The Morgan fingerprint density at radius 3 is 3.00 bits per heavy atom. The smallest absolute Gasteiger partial charge is 0.216 e. The van der Waals surface area contributed by atoms with Crippen molar-refractivity contribution >= 4 is 16.9 Å². The molecule has 0 spiro atoms. The third kappa shape index (κ3) is 4.07. The van der Waals surface area contributed by atoms with E-state index in [2.05, 4.69) is 52.5 Å². The van der Waals surface area contributed by atoms with Gasteiger partial charge in [0, 0.05) is 44.1 Å². The molecule has 0 saturated carbocycles. The quantitative estimate of drug-likeness (QED) is 0.717. The van der Waals surface area contributed by atoms with Gasteiger partial charge in [0.15, 0.2) is 5.65 Å². The standard InChI is InChI=1S/C22H27N5O/c1-16-5-3-6-18(13-16)14-26-11-8-19(15-26)21-20-7-4-9-24-22(20)27(25-21)12-10-23-17(2)28/h3-7,9,13,19H,8,10-12,14-15H2,1-2H3,(H,23,28)/t19-/m1/s1. The van der Waals surface area contributed by atoms with Gasteiger partial charge in [0.2, 0.25) is 5.91 Å². The van der Waals surface area contributed by atoms with Gasteiger partial charge >= 0.3 is 0 Å². The van der Waals surface area contributed by atoms with Crippen LogP contribution in [0.5, 0.6) is 0 Å². The zero-order valence-electron chi connectivity index (χ0n) is 16.6. The van der Waals surface area contributed by atoms with Crippen LogP contribution >= 0.6 is 0 Å². The third-order valence-corrected chi connectivity index (χ3v) is 5.38. The number of benzene rings is 1. The van der Waals surface area contributed by atoms with Gasteiger partial charge in [-0.15, -0.1) is 0 Å². The maximum absolute atomic E-state index is 11.2. The van der Waals surface area contributed by atoms with Crippen LogP contribution in [0.25, 0.3) is 11.0 Å². The van der Waals surface area contributed by atoms with E-state index in [4.69, 9.17) is 5.10 Å². The average Bonchev–Trinajstić information content (AvgIpc) is 3.26. The summed E-state index contributed by atoms with van der Waals surface area (Å²) in [5.41, 5.74) is 4.72. The molecule has 3 heterocycles. The maximum Gasteiger partial charge on any atom is 0.216 e. The van der Waals surface area contributed by atoms with E-state index in [0.717, 1.165) is 42.8 Å². The van der Waals surface area contributed by atoms with Gasteiger partial charge in [0.25, 0.3) is 0 Å². The van der Waals surface area contributed by atoms with Crippen molar-refractivity contribution in [3.05, 3.63) is 59.4 Å². The molecule has 0 bridgehead atoms. The van der Waals surface area contributed by atoms with Crippen LogP contribution in [-0.2, 0) is 17.9 Å². The van der Waals surface area contributed by atoms with Crippen LogP contribution in [0.1, 0.15) is 36.1 Å². The van der Waals surface area contributed by atoms with Gasteiger partial charge in [-0.05, 0) is 37.6 Å². The molecule has 2 aromatic heterocycles. The molecule has 0 radical (unpaired) electrons. The molecule has 0 aliphatic carbocycles. The Morgan fingerprint density at radius 2 is 2.18 bits per heavy atom. The van der Waals surface area contributed by atoms with Gasteiger partial charge in [-0.1, -0.05) is 29.8 Å². The summed E-state index contributed by atoms with van der Waals surface area (Å²) in [5.74, 6) is 0.394. The first-order chi connectivity index (χ1) is 13.6. The van der Waals surface area contributed by atoms with Crippen LogP contribution in [0.15, 0.2) is 42.6 Å². The lowest BCUT2D eigenvalue weighted by Gasteiger charge is -2.16. The summed E-state index contributed by atoms with van der Waals surface area (Å²) < 4.78 is 1.93. The van der Waals surface area contributed by atoms with Crippen LogP contribution in [0.4, 0.5) is 0 Å². The highest BCUT2D eigenvalue weighted by molar-refractivity contribution is 5.79. The predicted octanol–water partition coefficient (Wildman–Crippen LogP) is 2.87. The summed E-state index contributed by atoms with van der Waals surface area (Å²) in [6, 6.07) is 12.8. The molecule has 28 heavy (non-hydrogen) atoms. The van der Waals surface area contributed by atoms with Crippen molar-refractivity contribution in [3.8, 4) is 0 Å². The predicted molar refractivity (Wildman–Crippen MR) is 110 cm³/mol. The van der Waals surface area contributed by atoms with Crippen molar-refractivity contribution in [2.75, 3.05) is 19.6 Å². The monoisotopic (exact) mass is 377 g/mol. The van der Waals surface area contributed by atoms with Gasteiger partial charge in [0.05, 0.1) is 12.2 Å². The fraction of sp³-hybridized carbons (Fsp3) is 0.409. The number of rotatable bonds is 6. The Balaban J connectivity index is 1.50. The third-order valence-electron chi connectivity index (χ3n) is 5.38. The molecule has 1 aliphatic heterocycles. The van der Waals surface area contributed by atoms with Crippen molar-refractivity contribution in [2.24, 2.45) is 0 Å². The van der Waals surface area contributed by atoms with E-state index in [1.165, 1.54) is 18.1 Å². The highest BCUT2D eigenvalue weighted by atomic mass is 16.1. The highest BCUT2D eigenvalue weighted by Crippen LogP contribution is 2.31. The van der Waals surface area contributed by atoms with Gasteiger partial charge in [-0.3, -0.25) is 9.69 Å². The fourth-order valence-corrected chi connectivity index (χ4v) is 4.10. The number of fused-ring (bicyclic) bond motifs is 1. The summed E-state index contributed by atoms with van der Waals surface area (Å²) >= 11 is 0. The lowest BCUT2D eigenvalue weighted by atomic mass is 10.0. The summed E-state index contributed by atoms with van der Waals surface area (Å²) in [5, 5.41) is 8.87.